The van der Waals surface area contributed by atoms with Crippen molar-refractivity contribution < 1.29 is 14.6 Å². The van der Waals surface area contributed by atoms with Crippen molar-refractivity contribution in [2.24, 2.45) is 0 Å². The van der Waals surface area contributed by atoms with Gasteiger partial charge in [-0.1, -0.05) is 37.3 Å². The first-order chi connectivity index (χ1) is 7.15. The lowest BCUT2D eigenvalue weighted by molar-refractivity contribution is -0.158. The van der Waals surface area contributed by atoms with E-state index in [9.17, 15) is 9.90 Å². The highest BCUT2D eigenvalue weighted by Crippen LogP contribution is 2.14. The number of hydrogen-bond donors (Lipinski definition) is 1. The summed E-state index contributed by atoms with van der Waals surface area (Å²) in [6, 6.07) is 8.77. The van der Waals surface area contributed by atoms with Crippen LogP contribution in [0.15, 0.2) is 30.3 Å². The minimum absolute atomic E-state index is 0.157. The van der Waals surface area contributed by atoms with Crippen molar-refractivity contribution in [1.82, 2.24) is 0 Å². The first kappa shape index (κ1) is 11.7. The second-order valence-corrected chi connectivity index (χ2v) is 3.47. The van der Waals surface area contributed by atoms with E-state index in [2.05, 4.69) is 0 Å². The Hall–Kier alpha value is -1.35. The van der Waals surface area contributed by atoms with Gasteiger partial charge in [0, 0.05) is 0 Å². The Kier molecular flexibility index (Phi) is 4.31. The Morgan fingerprint density at radius 2 is 2.00 bits per heavy atom. The molecular formula is C12H16O3. The molecule has 82 valence electrons. The summed E-state index contributed by atoms with van der Waals surface area (Å²) in [4.78, 5) is 11.4. The molecule has 0 saturated heterocycles. The molecule has 0 unspecified atom stereocenters. The lowest BCUT2D eigenvalue weighted by atomic mass is 10.1. The molecule has 0 bridgehead atoms. The molecule has 0 fully saturated rings. The molecule has 1 aromatic rings. The monoisotopic (exact) mass is 208 g/mol. The van der Waals surface area contributed by atoms with Crippen LogP contribution in [-0.4, -0.2) is 17.2 Å². The zero-order chi connectivity index (χ0) is 11.3. The van der Waals surface area contributed by atoms with Gasteiger partial charge in [0.15, 0.2) is 6.10 Å². The second-order valence-electron chi connectivity index (χ2n) is 3.47. The van der Waals surface area contributed by atoms with Gasteiger partial charge in [0.2, 0.25) is 0 Å². The van der Waals surface area contributed by atoms with Gasteiger partial charge in [-0.05, 0) is 18.9 Å². The fourth-order valence-electron chi connectivity index (χ4n) is 1.12. The normalized spacial score (nSPS) is 14.3. The first-order valence-electron chi connectivity index (χ1n) is 5.08. The van der Waals surface area contributed by atoms with Crippen molar-refractivity contribution in [2.75, 3.05) is 0 Å². The average Bonchev–Trinajstić information content (AvgIpc) is 2.29. The quantitative estimate of drug-likeness (QED) is 0.770. The van der Waals surface area contributed by atoms with Gasteiger partial charge in [-0.2, -0.15) is 0 Å². The fourth-order valence-corrected chi connectivity index (χ4v) is 1.12. The fraction of sp³-hybridized carbons (Fsp3) is 0.417. The maximum atomic E-state index is 11.4. The molecule has 0 aliphatic carbocycles. The van der Waals surface area contributed by atoms with Crippen molar-refractivity contribution in [3.63, 3.8) is 0 Å². The molecule has 15 heavy (non-hydrogen) atoms. The van der Waals surface area contributed by atoms with E-state index in [1.54, 1.807) is 31.2 Å². The predicted molar refractivity (Wildman–Crippen MR) is 57.2 cm³/mol. The Morgan fingerprint density at radius 1 is 1.40 bits per heavy atom. The SMILES string of the molecule is CC[C@@H](C)OC(=O)[C@H](O)c1ccccc1. The lowest BCUT2D eigenvalue weighted by Crippen LogP contribution is -2.20. The Balaban J connectivity index is 2.61. The minimum atomic E-state index is -1.18. The van der Waals surface area contributed by atoms with E-state index < -0.39 is 12.1 Å². The molecule has 0 heterocycles. The molecular weight excluding hydrogens is 192 g/mol. The number of rotatable bonds is 4. The number of carbonyl (C=O) groups excluding carboxylic acids is 1. The maximum Gasteiger partial charge on any atom is 0.339 e. The molecule has 2 atom stereocenters. The number of aliphatic hydroxyl groups excluding tert-OH is 1. The summed E-state index contributed by atoms with van der Waals surface area (Å²) >= 11 is 0. The Morgan fingerprint density at radius 3 is 2.53 bits per heavy atom. The topological polar surface area (TPSA) is 46.5 Å². The van der Waals surface area contributed by atoms with Crippen LogP contribution < -0.4 is 0 Å². The molecule has 0 aromatic heterocycles. The summed E-state index contributed by atoms with van der Waals surface area (Å²) in [5.41, 5.74) is 0.561. The number of ether oxygens (including phenoxy) is 1. The van der Waals surface area contributed by atoms with Gasteiger partial charge in [0.1, 0.15) is 0 Å². The highest BCUT2D eigenvalue weighted by Gasteiger charge is 2.20. The van der Waals surface area contributed by atoms with Crippen LogP contribution in [0.4, 0.5) is 0 Å². The molecule has 3 nitrogen and oxygen atoms in total. The minimum Gasteiger partial charge on any atom is -0.461 e. The van der Waals surface area contributed by atoms with Crippen molar-refractivity contribution in [3.05, 3.63) is 35.9 Å². The van der Waals surface area contributed by atoms with E-state index >= 15 is 0 Å². The van der Waals surface area contributed by atoms with Crippen LogP contribution >= 0.6 is 0 Å². The van der Waals surface area contributed by atoms with Gasteiger partial charge < -0.3 is 9.84 Å². The summed E-state index contributed by atoms with van der Waals surface area (Å²) in [7, 11) is 0. The van der Waals surface area contributed by atoms with E-state index in [0.29, 0.717) is 5.56 Å². The van der Waals surface area contributed by atoms with Gasteiger partial charge in [-0.3, -0.25) is 0 Å². The third-order valence-corrected chi connectivity index (χ3v) is 2.23. The van der Waals surface area contributed by atoms with Crippen molar-refractivity contribution >= 4 is 5.97 Å². The third-order valence-electron chi connectivity index (χ3n) is 2.23. The zero-order valence-corrected chi connectivity index (χ0v) is 9.01. The van der Waals surface area contributed by atoms with Crippen LogP contribution in [0.5, 0.6) is 0 Å². The molecule has 0 radical (unpaired) electrons. The number of benzene rings is 1. The smallest absolute Gasteiger partial charge is 0.339 e. The van der Waals surface area contributed by atoms with Crippen LogP contribution in [0, 0.1) is 0 Å². The maximum absolute atomic E-state index is 11.4. The predicted octanol–water partition coefficient (Wildman–Crippen LogP) is 2.06. The average molecular weight is 208 g/mol. The lowest BCUT2D eigenvalue weighted by Gasteiger charge is -2.14. The van der Waals surface area contributed by atoms with Crippen molar-refractivity contribution in [1.29, 1.82) is 0 Å². The van der Waals surface area contributed by atoms with Crippen LogP contribution in [0.25, 0.3) is 0 Å². The first-order valence-corrected chi connectivity index (χ1v) is 5.08. The van der Waals surface area contributed by atoms with Gasteiger partial charge in [0.05, 0.1) is 6.10 Å². The van der Waals surface area contributed by atoms with Crippen LogP contribution in [0.1, 0.15) is 31.9 Å². The Labute approximate surface area is 89.7 Å². The van der Waals surface area contributed by atoms with Gasteiger partial charge in [-0.25, -0.2) is 4.79 Å². The molecule has 1 aromatic carbocycles. The molecule has 0 aliphatic rings. The highest BCUT2D eigenvalue weighted by atomic mass is 16.6. The van der Waals surface area contributed by atoms with Crippen LogP contribution in [0.2, 0.25) is 0 Å². The molecule has 0 aliphatic heterocycles. The standard InChI is InChI=1S/C12H16O3/c1-3-9(2)15-12(14)11(13)10-7-5-4-6-8-10/h4-9,11,13H,3H2,1-2H3/t9-,11-/m1/s1. The van der Waals surface area contributed by atoms with Crippen LogP contribution in [-0.2, 0) is 9.53 Å². The van der Waals surface area contributed by atoms with Gasteiger partial charge in [0.25, 0.3) is 0 Å². The largest absolute Gasteiger partial charge is 0.461 e. The number of aliphatic hydroxyl groups is 1. The molecule has 3 heteroatoms. The molecule has 1 rings (SSSR count). The van der Waals surface area contributed by atoms with Crippen molar-refractivity contribution in [3.8, 4) is 0 Å². The van der Waals surface area contributed by atoms with E-state index in [0.717, 1.165) is 6.42 Å². The molecule has 0 amide bonds. The van der Waals surface area contributed by atoms with E-state index in [-0.39, 0.29) is 6.10 Å². The number of hydrogen-bond acceptors (Lipinski definition) is 3. The summed E-state index contributed by atoms with van der Waals surface area (Å²) in [5, 5.41) is 9.66. The summed E-state index contributed by atoms with van der Waals surface area (Å²) in [6.07, 6.45) is -0.594. The zero-order valence-electron chi connectivity index (χ0n) is 9.01. The Bertz CT molecular complexity index is 308. The molecule has 0 spiro atoms. The molecule has 1 N–H and O–H groups in total. The van der Waals surface area contributed by atoms with Gasteiger partial charge in [-0.15, -0.1) is 0 Å². The number of esters is 1. The van der Waals surface area contributed by atoms with E-state index in [1.807, 2.05) is 13.0 Å². The third kappa shape index (κ3) is 3.36. The summed E-state index contributed by atoms with van der Waals surface area (Å²) < 4.78 is 5.03. The van der Waals surface area contributed by atoms with Gasteiger partial charge >= 0.3 is 5.97 Å². The van der Waals surface area contributed by atoms with Crippen LogP contribution in [0.3, 0.4) is 0 Å². The van der Waals surface area contributed by atoms with E-state index in [4.69, 9.17) is 4.74 Å². The summed E-state index contributed by atoms with van der Waals surface area (Å²) in [5.74, 6) is -0.587. The van der Waals surface area contributed by atoms with Crippen molar-refractivity contribution in [2.45, 2.75) is 32.5 Å². The summed E-state index contributed by atoms with van der Waals surface area (Å²) in [6.45, 7) is 3.72. The number of carbonyl (C=O) groups is 1. The second kappa shape index (κ2) is 5.51. The highest BCUT2D eigenvalue weighted by molar-refractivity contribution is 5.76. The molecule has 0 saturated carbocycles. The van der Waals surface area contributed by atoms with E-state index in [1.165, 1.54) is 0 Å².